The number of anilines is 1. The van der Waals surface area contributed by atoms with E-state index in [9.17, 15) is 19.2 Å². The number of imidazole rings is 1. The summed E-state index contributed by atoms with van der Waals surface area (Å²) in [6.07, 6.45) is 10.8. The Morgan fingerprint density at radius 2 is 1.50 bits per heavy atom. The van der Waals surface area contributed by atoms with Crippen LogP contribution in [0.5, 0.6) is 0 Å². The van der Waals surface area contributed by atoms with Gasteiger partial charge in [-0.15, -0.1) is 0 Å². The fourth-order valence-corrected chi connectivity index (χ4v) is 8.83. The molecule has 5 aromatic rings. The molecule has 2 saturated heterocycles. The predicted molar refractivity (Wildman–Crippen MR) is 253 cm³/mol. The number of carbonyl (C=O) groups is 4. The first-order chi connectivity index (χ1) is 31.6. The molecule has 346 valence electrons. The zero-order chi connectivity index (χ0) is 46.6. The van der Waals surface area contributed by atoms with Crippen molar-refractivity contribution in [2.75, 3.05) is 25.0 Å². The third kappa shape index (κ3) is 11.1. The largest absolute Gasteiger partial charge is 0.492 e. The van der Waals surface area contributed by atoms with Crippen LogP contribution >= 0.6 is 0 Å². The highest BCUT2D eigenvalue weighted by Crippen LogP contribution is 2.34. The number of hydrogen-bond acceptors (Lipinski definition) is 9. The zero-order valence-electron chi connectivity index (χ0n) is 38.4. The number of nitrogens with zero attached hydrogens (tertiary/aromatic N) is 3. The molecule has 0 saturated carbocycles. The van der Waals surface area contributed by atoms with Crippen molar-refractivity contribution in [1.82, 2.24) is 35.4 Å². The molecular formula is C51H60N8O7. The highest BCUT2D eigenvalue weighted by molar-refractivity contribution is 6.00. The van der Waals surface area contributed by atoms with Crippen LogP contribution in [-0.4, -0.2) is 97.8 Å². The lowest BCUT2D eigenvalue weighted by Crippen LogP contribution is -2.51. The van der Waals surface area contributed by atoms with Gasteiger partial charge in [-0.2, -0.15) is 0 Å². The van der Waals surface area contributed by atoms with E-state index in [1.54, 1.807) is 56.2 Å². The van der Waals surface area contributed by atoms with Crippen molar-refractivity contribution < 1.29 is 33.4 Å². The molecule has 1 unspecified atom stereocenters. The molecule has 0 bridgehead atoms. The van der Waals surface area contributed by atoms with E-state index in [1.165, 1.54) is 0 Å². The molecule has 0 aliphatic carbocycles. The standard InChI is InChI=1S/C51H60N8O7/c1-50(2,3)65-48(62)56-40(43-18-10-11-27-64-43)31-58-25-12-16-41(58)45-52-30-39(55-45)33-21-19-32(20-22-33)38-29-35-28-36(23-24-37(35)54-38)53-46(60)42-17-13-26-59(42)47(61)44(34-14-8-7-9-15-34)57-49(63)66-51(4,5)6/h7-11,14-15,18-24,27-30,40-44,54H,12-13,16-17,25-26,31H2,1-6H3,(H,52,55)(H,53,60)(H,56,62)(H,57,63)/t40-,41+,42+,43?,44-/m1/s1. The molecule has 0 radical (unpaired) electrons. The molecule has 3 aliphatic heterocycles. The molecule has 15 heteroatoms. The number of aromatic nitrogens is 3. The fraction of sp³-hybridized carbons (Fsp3) is 0.392. The van der Waals surface area contributed by atoms with Gasteiger partial charge in [-0.05, 0) is 127 Å². The smallest absolute Gasteiger partial charge is 0.408 e. The van der Waals surface area contributed by atoms with E-state index < -0.39 is 35.5 Å². The normalized spacial score (nSPS) is 19.5. The summed E-state index contributed by atoms with van der Waals surface area (Å²) in [5.74, 6) is 0.216. The number of likely N-dealkylation sites (tertiary alicyclic amines) is 2. The Labute approximate surface area is 385 Å². The first-order valence-electron chi connectivity index (χ1n) is 22.7. The second-order valence-electron chi connectivity index (χ2n) is 19.1. The number of carbonyl (C=O) groups excluding carboxylic acids is 4. The molecule has 0 spiro atoms. The van der Waals surface area contributed by atoms with Crippen molar-refractivity contribution in [1.29, 1.82) is 0 Å². The predicted octanol–water partition coefficient (Wildman–Crippen LogP) is 8.92. The van der Waals surface area contributed by atoms with Gasteiger partial charge in [-0.3, -0.25) is 14.5 Å². The molecule has 15 nitrogen and oxygen atoms in total. The van der Waals surface area contributed by atoms with Crippen LogP contribution in [0.15, 0.2) is 110 Å². The lowest BCUT2D eigenvalue weighted by atomic mass is 10.0. The van der Waals surface area contributed by atoms with E-state index in [2.05, 4.69) is 61.2 Å². The molecular weight excluding hydrogens is 837 g/mol. The van der Waals surface area contributed by atoms with Crippen molar-refractivity contribution >= 4 is 40.6 Å². The number of alkyl carbamates (subject to hydrolysis) is 2. The van der Waals surface area contributed by atoms with Gasteiger partial charge in [0.2, 0.25) is 5.91 Å². The van der Waals surface area contributed by atoms with Crippen LogP contribution in [0.1, 0.15) is 90.7 Å². The number of benzene rings is 3. The number of allylic oxidation sites excluding steroid dienone is 2. The van der Waals surface area contributed by atoms with Gasteiger partial charge in [0.25, 0.3) is 5.91 Å². The van der Waals surface area contributed by atoms with Gasteiger partial charge in [-0.25, -0.2) is 14.6 Å². The number of ether oxygens (including phenoxy) is 3. The number of hydrogen-bond donors (Lipinski definition) is 5. The van der Waals surface area contributed by atoms with E-state index in [0.29, 0.717) is 37.2 Å². The summed E-state index contributed by atoms with van der Waals surface area (Å²) in [6.45, 7) is 12.6. The second kappa shape index (κ2) is 19.3. The molecule has 5 heterocycles. The quantitative estimate of drug-likeness (QED) is 0.0817. The van der Waals surface area contributed by atoms with E-state index in [1.807, 2.05) is 69.5 Å². The number of aromatic amines is 2. The maximum Gasteiger partial charge on any atom is 0.408 e. The first kappa shape index (κ1) is 45.7. The molecule has 3 aromatic carbocycles. The number of rotatable bonds is 12. The second-order valence-corrected chi connectivity index (χ2v) is 19.1. The van der Waals surface area contributed by atoms with Crippen LogP contribution < -0.4 is 16.0 Å². The molecule has 2 fully saturated rings. The monoisotopic (exact) mass is 896 g/mol. The van der Waals surface area contributed by atoms with Crippen LogP contribution in [0, 0.1) is 0 Å². The summed E-state index contributed by atoms with van der Waals surface area (Å²) in [5, 5.41) is 9.76. The maximum atomic E-state index is 14.1. The van der Waals surface area contributed by atoms with E-state index in [4.69, 9.17) is 19.2 Å². The summed E-state index contributed by atoms with van der Waals surface area (Å²) in [7, 11) is 0. The van der Waals surface area contributed by atoms with Crippen molar-refractivity contribution in [2.45, 2.75) is 109 Å². The topological polar surface area (TPSA) is 183 Å². The minimum atomic E-state index is -1.02. The Balaban J connectivity index is 0.910. The van der Waals surface area contributed by atoms with Crippen molar-refractivity contribution in [3.8, 4) is 22.5 Å². The lowest BCUT2D eigenvalue weighted by molar-refractivity contribution is -0.138. The Morgan fingerprint density at radius 3 is 2.20 bits per heavy atom. The Kier molecular flexibility index (Phi) is 13.4. The fourth-order valence-electron chi connectivity index (χ4n) is 8.83. The molecule has 3 aliphatic rings. The average molecular weight is 897 g/mol. The maximum absolute atomic E-state index is 14.1. The minimum absolute atomic E-state index is 0.0461. The number of nitrogens with one attached hydrogen (secondary N) is 5. The van der Waals surface area contributed by atoms with Crippen LogP contribution in [0.3, 0.4) is 0 Å². The van der Waals surface area contributed by atoms with Crippen LogP contribution in [0.25, 0.3) is 33.4 Å². The summed E-state index contributed by atoms with van der Waals surface area (Å²) in [4.78, 5) is 69.4. The molecule has 8 rings (SSSR count). The van der Waals surface area contributed by atoms with Gasteiger partial charge in [0, 0.05) is 35.4 Å². The molecule has 5 atom stereocenters. The summed E-state index contributed by atoms with van der Waals surface area (Å²) < 4.78 is 17.0. The highest BCUT2D eigenvalue weighted by Gasteiger charge is 2.39. The van der Waals surface area contributed by atoms with Gasteiger partial charge >= 0.3 is 12.2 Å². The van der Waals surface area contributed by atoms with Crippen molar-refractivity contribution in [3.05, 3.63) is 121 Å². The van der Waals surface area contributed by atoms with Gasteiger partial charge < -0.3 is 45.0 Å². The molecule has 66 heavy (non-hydrogen) atoms. The Bertz CT molecular complexity index is 2590. The van der Waals surface area contributed by atoms with Gasteiger partial charge in [0.15, 0.2) is 0 Å². The van der Waals surface area contributed by atoms with E-state index in [-0.39, 0.29) is 30.0 Å². The SMILES string of the molecule is CC(C)(C)OC(=O)N[C@@H](C(=O)N1CCC[C@H]1C(=O)Nc1ccc2[nH]c(-c3ccc(-c4cnc([C@@H]5CCCN5C[C@@H](NC(=O)OC(C)(C)C)C5C=CC=CO5)[nH]4)cc3)cc2c1)c1ccccc1. The first-order valence-corrected chi connectivity index (χ1v) is 22.7. The van der Waals surface area contributed by atoms with E-state index >= 15 is 0 Å². The summed E-state index contributed by atoms with van der Waals surface area (Å²) in [5.41, 5.74) is 4.57. The Morgan fingerprint density at radius 1 is 0.803 bits per heavy atom. The van der Waals surface area contributed by atoms with Crippen LogP contribution in [0.4, 0.5) is 15.3 Å². The average Bonchev–Trinajstić information content (AvgIpc) is 4.12. The number of H-pyrrole nitrogens is 2. The van der Waals surface area contributed by atoms with Gasteiger partial charge in [-0.1, -0.05) is 60.7 Å². The molecule has 2 aromatic heterocycles. The molecule has 5 N–H and O–H groups in total. The summed E-state index contributed by atoms with van der Waals surface area (Å²) in [6, 6.07) is 23.0. The summed E-state index contributed by atoms with van der Waals surface area (Å²) >= 11 is 0. The van der Waals surface area contributed by atoms with E-state index in [0.717, 1.165) is 58.6 Å². The van der Waals surface area contributed by atoms with Crippen molar-refractivity contribution in [3.63, 3.8) is 0 Å². The zero-order valence-corrected chi connectivity index (χ0v) is 38.4. The Hall–Kier alpha value is -6.87. The van der Waals surface area contributed by atoms with Crippen molar-refractivity contribution in [2.24, 2.45) is 0 Å². The third-order valence-electron chi connectivity index (χ3n) is 11.8. The van der Waals surface area contributed by atoms with Gasteiger partial charge in [0.05, 0.1) is 30.2 Å². The lowest BCUT2D eigenvalue weighted by Gasteiger charge is -2.33. The number of fused-ring (bicyclic) bond motifs is 1. The van der Waals surface area contributed by atoms with Gasteiger partial charge in [0.1, 0.15) is 35.2 Å². The van der Waals surface area contributed by atoms with Crippen LogP contribution in [-0.2, 0) is 23.8 Å². The minimum Gasteiger partial charge on any atom is -0.492 e. The molecule has 4 amide bonds. The number of amides is 4. The van der Waals surface area contributed by atoms with Crippen LogP contribution in [0.2, 0.25) is 0 Å². The highest BCUT2D eigenvalue weighted by atomic mass is 16.6. The third-order valence-corrected chi connectivity index (χ3v) is 11.8.